The van der Waals surface area contributed by atoms with Gasteiger partial charge in [0.2, 0.25) is 0 Å². The van der Waals surface area contributed by atoms with Crippen LogP contribution in [0.2, 0.25) is 0 Å². The summed E-state index contributed by atoms with van der Waals surface area (Å²) in [4.78, 5) is 10.7. The minimum atomic E-state index is -0.708. The van der Waals surface area contributed by atoms with E-state index >= 15 is 0 Å². The summed E-state index contributed by atoms with van der Waals surface area (Å²) in [5.41, 5.74) is 1.28. The zero-order chi connectivity index (χ0) is 12.8. The molecule has 1 N–H and O–H groups in total. The van der Waals surface area contributed by atoms with Crippen LogP contribution in [0.15, 0.2) is 30.3 Å². The van der Waals surface area contributed by atoms with Crippen molar-refractivity contribution in [3.63, 3.8) is 0 Å². The van der Waals surface area contributed by atoms with E-state index in [1.807, 2.05) is 18.2 Å². The summed E-state index contributed by atoms with van der Waals surface area (Å²) in [6.45, 7) is 1.32. The molecular formula is C15H20O3. The van der Waals surface area contributed by atoms with Gasteiger partial charge in [0.25, 0.3) is 0 Å². The van der Waals surface area contributed by atoms with Crippen molar-refractivity contribution in [2.24, 2.45) is 5.41 Å². The topological polar surface area (TPSA) is 46.5 Å². The van der Waals surface area contributed by atoms with Gasteiger partial charge in [-0.25, -0.2) is 0 Å². The second-order valence-corrected chi connectivity index (χ2v) is 5.21. The molecule has 98 valence electrons. The van der Waals surface area contributed by atoms with Gasteiger partial charge in [-0.15, -0.1) is 0 Å². The first kappa shape index (κ1) is 13.1. The second-order valence-electron chi connectivity index (χ2n) is 5.21. The van der Waals surface area contributed by atoms with Crippen molar-refractivity contribution in [1.82, 2.24) is 0 Å². The van der Waals surface area contributed by atoms with E-state index in [4.69, 9.17) is 9.84 Å². The van der Waals surface area contributed by atoms with E-state index in [0.29, 0.717) is 6.61 Å². The third kappa shape index (κ3) is 4.15. The van der Waals surface area contributed by atoms with Crippen LogP contribution in [0.25, 0.3) is 0 Å². The van der Waals surface area contributed by atoms with Gasteiger partial charge in [-0.2, -0.15) is 0 Å². The fourth-order valence-electron chi connectivity index (χ4n) is 2.18. The number of carboxylic acid groups (broad SMARTS) is 1. The number of rotatable bonds is 8. The lowest BCUT2D eigenvalue weighted by molar-refractivity contribution is -0.139. The number of hydrogen-bond acceptors (Lipinski definition) is 2. The molecule has 2 rings (SSSR count). The summed E-state index contributed by atoms with van der Waals surface area (Å²) < 4.78 is 5.62. The monoisotopic (exact) mass is 248 g/mol. The highest BCUT2D eigenvalue weighted by atomic mass is 16.5. The van der Waals surface area contributed by atoms with Crippen LogP contribution in [0.5, 0.6) is 0 Å². The van der Waals surface area contributed by atoms with Crippen LogP contribution in [-0.2, 0) is 16.0 Å². The predicted molar refractivity (Wildman–Crippen MR) is 69.5 cm³/mol. The molecule has 3 heteroatoms. The smallest absolute Gasteiger partial charge is 0.303 e. The first-order valence-electron chi connectivity index (χ1n) is 6.54. The Morgan fingerprint density at radius 3 is 2.61 bits per heavy atom. The maximum Gasteiger partial charge on any atom is 0.303 e. The van der Waals surface area contributed by atoms with Crippen molar-refractivity contribution >= 4 is 5.97 Å². The molecule has 0 amide bonds. The highest BCUT2D eigenvalue weighted by Crippen LogP contribution is 2.48. The highest BCUT2D eigenvalue weighted by Gasteiger charge is 2.44. The van der Waals surface area contributed by atoms with E-state index in [9.17, 15) is 4.79 Å². The summed E-state index contributed by atoms with van der Waals surface area (Å²) in [6.07, 6.45) is 4.27. The molecule has 0 spiro atoms. The third-order valence-corrected chi connectivity index (χ3v) is 3.49. The summed E-state index contributed by atoms with van der Waals surface area (Å²) in [5.74, 6) is -0.708. The molecule has 0 aromatic heterocycles. The number of benzene rings is 1. The minimum absolute atomic E-state index is 0.0431. The number of carboxylic acids is 1. The summed E-state index contributed by atoms with van der Waals surface area (Å²) in [6, 6.07) is 10.3. The molecule has 1 fully saturated rings. The van der Waals surface area contributed by atoms with Crippen molar-refractivity contribution in [1.29, 1.82) is 0 Å². The van der Waals surface area contributed by atoms with Gasteiger partial charge >= 0.3 is 5.97 Å². The van der Waals surface area contributed by atoms with Crippen LogP contribution in [-0.4, -0.2) is 24.3 Å². The van der Waals surface area contributed by atoms with Crippen LogP contribution < -0.4 is 0 Å². The molecule has 0 atom stereocenters. The van der Waals surface area contributed by atoms with Gasteiger partial charge in [-0.05, 0) is 31.2 Å². The van der Waals surface area contributed by atoms with Crippen molar-refractivity contribution in [2.75, 3.05) is 13.2 Å². The molecule has 1 aliphatic rings. The molecule has 18 heavy (non-hydrogen) atoms. The van der Waals surface area contributed by atoms with E-state index in [1.54, 1.807) is 0 Å². The summed E-state index contributed by atoms with van der Waals surface area (Å²) >= 11 is 0. The Kier molecular flexibility index (Phi) is 4.37. The number of aryl methyl sites for hydroxylation is 1. The summed E-state index contributed by atoms with van der Waals surface area (Å²) in [5, 5.41) is 8.78. The molecule has 0 radical (unpaired) electrons. The van der Waals surface area contributed by atoms with Gasteiger partial charge in [0.1, 0.15) is 0 Å². The van der Waals surface area contributed by atoms with E-state index in [2.05, 4.69) is 12.1 Å². The van der Waals surface area contributed by atoms with E-state index in [0.717, 1.165) is 32.3 Å². The first-order chi connectivity index (χ1) is 8.70. The van der Waals surface area contributed by atoms with Gasteiger partial charge in [0, 0.05) is 12.0 Å². The maximum absolute atomic E-state index is 10.7. The second kappa shape index (κ2) is 6.01. The Morgan fingerprint density at radius 2 is 2.00 bits per heavy atom. The molecule has 1 aliphatic carbocycles. The van der Waals surface area contributed by atoms with Crippen LogP contribution in [0.3, 0.4) is 0 Å². The van der Waals surface area contributed by atoms with E-state index < -0.39 is 5.97 Å². The Bertz CT molecular complexity index is 382. The lowest BCUT2D eigenvalue weighted by atomic mass is 10.0. The quantitative estimate of drug-likeness (QED) is 0.719. The number of hydrogen-bond donors (Lipinski definition) is 1. The maximum atomic E-state index is 10.7. The largest absolute Gasteiger partial charge is 0.481 e. The van der Waals surface area contributed by atoms with Crippen molar-refractivity contribution in [3.8, 4) is 0 Å². The number of carbonyl (C=O) groups is 1. The van der Waals surface area contributed by atoms with Crippen LogP contribution in [0.1, 0.15) is 31.2 Å². The van der Waals surface area contributed by atoms with E-state index in [-0.39, 0.29) is 11.8 Å². The molecule has 1 aromatic rings. The summed E-state index contributed by atoms with van der Waals surface area (Å²) in [7, 11) is 0. The van der Waals surface area contributed by atoms with Crippen molar-refractivity contribution in [2.45, 2.75) is 32.1 Å². The fraction of sp³-hybridized carbons (Fsp3) is 0.533. The van der Waals surface area contributed by atoms with Gasteiger partial charge in [0.05, 0.1) is 13.0 Å². The van der Waals surface area contributed by atoms with Gasteiger partial charge in [-0.3, -0.25) is 4.79 Å². The van der Waals surface area contributed by atoms with Gasteiger partial charge in [-0.1, -0.05) is 30.3 Å². The van der Waals surface area contributed by atoms with Crippen LogP contribution in [0.4, 0.5) is 0 Å². The first-order valence-corrected chi connectivity index (χ1v) is 6.54. The van der Waals surface area contributed by atoms with Crippen molar-refractivity contribution in [3.05, 3.63) is 35.9 Å². The van der Waals surface area contributed by atoms with Crippen LogP contribution >= 0.6 is 0 Å². The average Bonchev–Trinajstić information content (AvgIpc) is 3.09. The fourth-order valence-corrected chi connectivity index (χ4v) is 2.18. The lowest BCUT2D eigenvalue weighted by Crippen LogP contribution is -2.16. The molecular weight excluding hydrogens is 228 g/mol. The minimum Gasteiger partial charge on any atom is -0.481 e. The predicted octanol–water partition coefficient (Wildman–Crippen LogP) is 2.89. The molecule has 3 nitrogen and oxygen atoms in total. The molecule has 1 aromatic carbocycles. The zero-order valence-corrected chi connectivity index (χ0v) is 10.6. The highest BCUT2D eigenvalue weighted by molar-refractivity contribution is 5.68. The van der Waals surface area contributed by atoms with Gasteiger partial charge < -0.3 is 9.84 Å². The zero-order valence-electron chi connectivity index (χ0n) is 10.6. The Morgan fingerprint density at radius 1 is 1.28 bits per heavy atom. The third-order valence-electron chi connectivity index (χ3n) is 3.49. The van der Waals surface area contributed by atoms with Gasteiger partial charge in [0.15, 0.2) is 0 Å². The van der Waals surface area contributed by atoms with Crippen molar-refractivity contribution < 1.29 is 14.6 Å². The molecule has 0 unspecified atom stereocenters. The molecule has 1 saturated carbocycles. The normalized spacial score (nSPS) is 16.4. The lowest BCUT2D eigenvalue weighted by Gasteiger charge is -2.12. The molecule has 0 bridgehead atoms. The Hall–Kier alpha value is -1.35. The molecule has 0 saturated heterocycles. The van der Waals surface area contributed by atoms with E-state index in [1.165, 1.54) is 5.56 Å². The number of aliphatic carboxylic acids is 1. The average molecular weight is 248 g/mol. The molecule has 0 heterocycles. The van der Waals surface area contributed by atoms with Crippen LogP contribution in [0, 0.1) is 5.41 Å². The Balaban J connectivity index is 1.58. The number of ether oxygens (including phenoxy) is 1. The standard InChI is InChI=1S/C15H20O3/c16-14(17)11-15(8-9-15)12-18-10-4-7-13-5-2-1-3-6-13/h1-3,5-6H,4,7-12H2,(H,16,17). The SMILES string of the molecule is O=C(O)CC1(COCCCc2ccccc2)CC1. The Labute approximate surface area is 108 Å². The molecule has 0 aliphatic heterocycles.